The van der Waals surface area contributed by atoms with Gasteiger partial charge in [0.05, 0.1) is 4.90 Å². The predicted octanol–water partition coefficient (Wildman–Crippen LogP) is 2.59. The molecule has 0 bridgehead atoms. The van der Waals surface area contributed by atoms with E-state index in [-0.39, 0.29) is 10.9 Å². The van der Waals surface area contributed by atoms with Gasteiger partial charge in [-0.3, -0.25) is 0 Å². The van der Waals surface area contributed by atoms with E-state index in [4.69, 9.17) is 4.74 Å². The van der Waals surface area contributed by atoms with Crippen molar-refractivity contribution in [3.63, 3.8) is 0 Å². The summed E-state index contributed by atoms with van der Waals surface area (Å²) in [5.41, 5.74) is 1.63. The van der Waals surface area contributed by atoms with Crippen LogP contribution in [0.2, 0.25) is 0 Å². The summed E-state index contributed by atoms with van der Waals surface area (Å²) in [7, 11) is -3.22. The number of rotatable bonds is 3. The van der Waals surface area contributed by atoms with Gasteiger partial charge in [-0.2, -0.15) is 0 Å². The molecule has 0 saturated carbocycles. The van der Waals surface area contributed by atoms with Gasteiger partial charge in [0.15, 0.2) is 9.84 Å². The molecule has 0 fully saturated rings. The van der Waals surface area contributed by atoms with E-state index in [1.807, 2.05) is 20.8 Å². The molecule has 0 aliphatic carbocycles. The third-order valence-corrected chi connectivity index (χ3v) is 4.55. The first-order valence-corrected chi connectivity index (χ1v) is 8.33. The highest BCUT2D eigenvalue weighted by Crippen LogP contribution is 2.40. The molecule has 0 atom stereocenters. The first kappa shape index (κ1) is 14.8. The van der Waals surface area contributed by atoms with Crippen molar-refractivity contribution >= 4 is 21.4 Å². The third-order valence-electron chi connectivity index (χ3n) is 3.42. The number of carbonyl (C=O) groups excluding carboxylic acids is 1. The maximum absolute atomic E-state index is 11.9. The minimum atomic E-state index is -3.22. The van der Waals surface area contributed by atoms with Crippen molar-refractivity contribution in [2.24, 2.45) is 0 Å². The summed E-state index contributed by atoms with van der Waals surface area (Å²) in [5, 5.41) is 0. The highest BCUT2D eigenvalue weighted by Gasteiger charge is 2.39. The number of hydrogen-bond donors (Lipinski definition) is 0. The second-order valence-electron chi connectivity index (χ2n) is 5.40. The van der Waals surface area contributed by atoms with E-state index < -0.39 is 15.4 Å². The lowest BCUT2D eigenvalue weighted by atomic mass is 9.88. The summed E-state index contributed by atoms with van der Waals surface area (Å²) in [4.78, 5) is 12.1. The summed E-state index contributed by atoms with van der Waals surface area (Å²) in [6.07, 6.45) is 1.76. The van der Waals surface area contributed by atoms with Gasteiger partial charge in [-0.25, -0.2) is 13.2 Å². The van der Waals surface area contributed by atoms with Crippen LogP contribution >= 0.6 is 0 Å². The Kier molecular flexibility index (Phi) is 3.50. The summed E-state index contributed by atoms with van der Waals surface area (Å²) in [5.74, 6) is -0.292. The average Bonchev–Trinajstić information content (AvgIpc) is 2.57. The SMILES string of the molecule is CCC1=C(c2ccc(S(C)(=O)=O)cc2)C(C)(C)OC1=O. The summed E-state index contributed by atoms with van der Waals surface area (Å²) in [6.45, 7) is 5.59. The maximum Gasteiger partial charge on any atom is 0.335 e. The molecule has 1 aromatic rings. The predicted molar refractivity (Wildman–Crippen MR) is 76.9 cm³/mol. The minimum Gasteiger partial charge on any atom is -0.451 e. The fraction of sp³-hybridized carbons (Fsp3) is 0.400. The quantitative estimate of drug-likeness (QED) is 0.804. The topological polar surface area (TPSA) is 60.4 Å². The standard InChI is InChI=1S/C15H18O4S/c1-5-12-13(15(2,3)19-14(12)16)10-6-8-11(9-7-10)20(4,17)18/h6-9H,5H2,1-4H3. The number of esters is 1. The fourth-order valence-electron chi connectivity index (χ4n) is 2.52. The molecule has 0 unspecified atom stereocenters. The molecule has 0 radical (unpaired) electrons. The van der Waals surface area contributed by atoms with Gasteiger partial charge >= 0.3 is 5.97 Å². The third kappa shape index (κ3) is 2.50. The van der Waals surface area contributed by atoms with Crippen LogP contribution in [-0.4, -0.2) is 26.2 Å². The van der Waals surface area contributed by atoms with Crippen LogP contribution in [0.1, 0.15) is 32.8 Å². The van der Waals surface area contributed by atoms with Gasteiger partial charge < -0.3 is 4.74 Å². The lowest BCUT2D eigenvalue weighted by Gasteiger charge is -2.21. The van der Waals surface area contributed by atoms with Crippen molar-refractivity contribution in [1.29, 1.82) is 0 Å². The van der Waals surface area contributed by atoms with Crippen LogP contribution in [0.15, 0.2) is 34.7 Å². The average molecular weight is 294 g/mol. The molecule has 0 spiro atoms. The van der Waals surface area contributed by atoms with Gasteiger partial charge in [0.2, 0.25) is 0 Å². The van der Waals surface area contributed by atoms with E-state index in [9.17, 15) is 13.2 Å². The molecule has 0 amide bonds. The monoisotopic (exact) mass is 294 g/mol. The Bertz CT molecular complexity index is 679. The zero-order valence-corrected chi connectivity index (χ0v) is 12.9. The van der Waals surface area contributed by atoms with Gasteiger partial charge in [-0.05, 0) is 38.0 Å². The van der Waals surface area contributed by atoms with Crippen molar-refractivity contribution in [2.75, 3.05) is 6.26 Å². The Morgan fingerprint density at radius 1 is 1.15 bits per heavy atom. The molecule has 0 N–H and O–H groups in total. The summed E-state index contributed by atoms with van der Waals surface area (Å²) in [6, 6.07) is 6.57. The molecule has 1 aliphatic rings. The number of sulfone groups is 1. The van der Waals surface area contributed by atoms with Gasteiger partial charge in [-0.15, -0.1) is 0 Å². The molecule has 4 nitrogen and oxygen atoms in total. The van der Waals surface area contributed by atoms with E-state index in [1.54, 1.807) is 24.3 Å². The Labute approximate surface area is 119 Å². The Balaban J connectivity index is 2.55. The van der Waals surface area contributed by atoms with Crippen molar-refractivity contribution < 1.29 is 17.9 Å². The van der Waals surface area contributed by atoms with E-state index in [1.165, 1.54) is 6.26 Å². The smallest absolute Gasteiger partial charge is 0.335 e. The number of ether oxygens (including phenoxy) is 1. The zero-order chi connectivity index (χ0) is 15.1. The second-order valence-corrected chi connectivity index (χ2v) is 7.42. The van der Waals surface area contributed by atoms with Crippen LogP contribution in [0.4, 0.5) is 0 Å². The summed E-state index contributed by atoms with van der Waals surface area (Å²) >= 11 is 0. The number of hydrogen-bond acceptors (Lipinski definition) is 4. The Hall–Kier alpha value is -1.62. The first-order chi connectivity index (χ1) is 9.16. The molecule has 108 valence electrons. The lowest BCUT2D eigenvalue weighted by molar-refractivity contribution is -0.143. The van der Waals surface area contributed by atoms with Crippen molar-refractivity contribution in [3.05, 3.63) is 35.4 Å². The lowest BCUT2D eigenvalue weighted by Crippen LogP contribution is -2.22. The van der Waals surface area contributed by atoms with Crippen LogP contribution in [0.5, 0.6) is 0 Å². The van der Waals surface area contributed by atoms with E-state index in [0.29, 0.717) is 12.0 Å². The highest BCUT2D eigenvalue weighted by molar-refractivity contribution is 7.90. The maximum atomic E-state index is 11.9. The minimum absolute atomic E-state index is 0.267. The van der Waals surface area contributed by atoms with E-state index >= 15 is 0 Å². The van der Waals surface area contributed by atoms with Crippen LogP contribution in [0.3, 0.4) is 0 Å². The number of carbonyl (C=O) groups is 1. The van der Waals surface area contributed by atoms with Crippen LogP contribution < -0.4 is 0 Å². The van der Waals surface area contributed by atoms with E-state index in [0.717, 1.165) is 11.1 Å². The molecule has 1 aromatic carbocycles. The van der Waals surface area contributed by atoms with Gasteiger partial charge in [0, 0.05) is 17.4 Å². The van der Waals surface area contributed by atoms with Gasteiger partial charge in [-0.1, -0.05) is 19.1 Å². The number of benzene rings is 1. The second kappa shape index (κ2) is 4.74. The Morgan fingerprint density at radius 2 is 1.70 bits per heavy atom. The highest BCUT2D eigenvalue weighted by atomic mass is 32.2. The van der Waals surface area contributed by atoms with Crippen molar-refractivity contribution in [1.82, 2.24) is 0 Å². The van der Waals surface area contributed by atoms with Crippen LogP contribution in [0, 0.1) is 0 Å². The van der Waals surface area contributed by atoms with Crippen molar-refractivity contribution in [3.8, 4) is 0 Å². The molecule has 5 heteroatoms. The summed E-state index contributed by atoms with van der Waals surface area (Å²) < 4.78 is 28.3. The molecule has 0 saturated heterocycles. The Morgan fingerprint density at radius 3 is 2.15 bits per heavy atom. The number of cyclic esters (lactones) is 1. The molecule has 2 rings (SSSR count). The molecular formula is C15H18O4S. The zero-order valence-electron chi connectivity index (χ0n) is 12.1. The van der Waals surface area contributed by atoms with Gasteiger partial charge in [0.25, 0.3) is 0 Å². The van der Waals surface area contributed by atoms with Gasteiger partial charge in [0.1, 0.15) is 5.60 Å². The molecule has 0 aromatic heterocycles. The largest absolute Gasteiger partial charge is 0.451 e. The fourth-order valence-corrected chi connectivity index (χ4v) is 3.15. The molecule has 1 aliphatic heterocycles. The molecular weight excluding hydrogens is 276 g/mol. The van der Waals surface area contributed by atoms with Crippen LogP contribution in [0.25, 0.3) is 5.57 Å². The molecule has 20 heavy (non-hydrogen) atoms. The molecule has 1 heterocycles. The van der Waals surface area contributed by atoms with Crippen molar-refractivity contribution in [2.45, 2.75) is 37.7 Å². The van der Waals surface area contributed by atoms with Crippen LogP contribution in [-0.2, 0) is 19.4 Å². The normalized spacial score (nSPS) is 18.3. The first-order valence-electron chi connectivity index (χ1n) is 6.44. The van der Waals surface area contributed by atoms with E-state index in [2.05, 4.69) is 0 Å².